The highest BCUT2D eigenvalue weighted by Crippen LogP contribution is 2.39. The molecule has 0 aliphatic carbocycles. The van der Waals surface area contributed by atoms with Gasteiger partial charge in [0.2, 0.25) is 6.10 Å². The van der Waals surface area contributed by atoms with Crippen LogP contribution in [0.2, 0.25) is 0 Å². The van der Waals surface area contributed by atoms with Crippen molar-refractivity contribution >= 4 is 29.8 Å². The van der Waals surface area contributed by atoms with Crippen LogP contribution in [0.4, 0.5) is 0 Å². The van der Waals surface area contributed by atoms with Crippen molar-refractivity contribution in [2.75, 3.05) is 13.2 Å². The Hall–Kier alpha value is -6.59. The molecule has 1 heterocycles. The van der Waals surface area contributed by atoms with E-state index in [1.54, 1.807) is 103 Å². The van der Waals surface area contributed by atoms with Crippen LogP contribution in [0.3, 0.4) is 0 Å². The molecule has 1 saturated heterocycles. The van der Waals surface area contributed by atoms with Gasteiger partial charge in [0.1, 0.15) is 12.7 Å². The van der Waals surface area contributed by atoms with Gasteiger partial charge < -0.3 is 28.4 Å². The number of carbonyl (C=O) groups is 5. The van der Waals surface area contributed by atoms with E-state index in [4.69, 9.17) is 28.4 Å². The van der Waals surface area contributed by atoms with E-state index in [0.717, 1.165) is 0 Å². The van der Waals surface area contributed by atoms with E-state index >= 15 is 0 Å². The molecule has 52 heavy (non-hydrogen) atoms. The fraction of sp³-hybridized carbons (Fsp3) is 0.146. The third-order valence-corrected chi connectivity index (χ3v) is 8.02. The topological polar surface area (TPSA) is 141 Å². The minimum atomic E-state index is -2.42. The summed E-state index contributed by atoms with van der Waals surface area (Å²) in [5.41, 5.74) is 0.737. The molecule has 0 aromatic heterocycles. The molecule has 5 aromatic carbocycles. The molecule has 0 radical (unpaired) electrons. The van der Waals surface area contributed by atoms with Crippen LogP contribution in [-0.2, 0) is 28.4 Å². The number of benzene rings is 5. The van der Waals surface area contributed by atoms with Crippen LogP contribution in [0.5, 0.6) is 0 Å². The van der Waals surface area contributed by atoms with Crippen molar-refractivity contribution in [1.82, 2.24) is 0 Å². The van der Waals surface area contributed by atoms with Crippen LogP contribution in [0.15, 0.2) is 152 Å². The SMILES string of the molecule is O=C(OC[C@H]1O[C@@](COC(=O)c2ccccc2)(OC(=O)c2ccccc2)[C@@H](OC(=O)c2ccccc2)[C@@H]1OC(=O)c1ccccc1)c1ccccc1. The molecule has 0 unspecified atom stereocenters. The van der Waals surface area contributed by atoms with E-state index in [1.165, 1.54) is 48.5 Å². The molecule has 5 aromatic rings. The third-order valence-electron chi connectivity index (χ3n) is 8.02. The Bertz CT molecular complexity index is 1990. The Morgan fingerprint density at radius 1 is 0.462 bits per heavy atom. The molecule has 4 atom stereocenters. The first kappa shape index (κ1) is 35.2. The first-order valence-corrected chi connectivity index (χ1v) is 16.3. The lowest BCUT2D eigenvalue weighted by Gasteiger charge is -2.33. The Morgan fingerprint density at radius 3 is 1.27 bits per heavy atom. The standard InChI is InChI=1S/C41H32O11/c42-36(28-16-6-1-7-17-28)47-26-33-34(49-38(44)30-20-10-3-11-21-30)35(50-39(45)31-22-12-4-13-23-31)41(51-33,52-40(46)32-24-14-5-15-25-32)27-48-37(43)29-18-8-2-9-19-29/h1-25,33-35H,26-27H2/t33-,34-,35+,41+/m1/s1. The first-order chi connectivity index (χ1) is 25.3. The van der Waals surface area contributed by atoms with Crippen LogP contribution in [0, 0.1) is 0 Å². The largest absolute Gasteiger partial charge is 0.459 e. The van der Waals surface area contributed by atoms with E-state index in [2.05, 4.69) is 0 Å². The lowest BCUT2D eigenvalue weighted by molar-refractivity contribution is -0.246. The second-order valence-corrected chi connectivity index (χ2v) is 11.6. The summed E-state index contributed by atoms with van der Waals surface area (Å²) in [6.07, 6.45) is -4.74. The van der Waals surface area contributed by atoms with Crippen molar-refractivity contribution in [3.8, 4) is 0 Å². The molecule has 0 spiro atoms. The fourth-order valence-corrected chi connectivity index (χ4v) is 5.44. The first-order valence-electron chi connectivity index (χ1n) is 16.3. The molecule has 11 heteroatoms. The monoisotopic (exact) mass is 700 g/mol. The summed E-state index contributed by atoms with van der Waals surface area (Å²) in [5.74, 6) is -6.65. The molecule has 1 aliphatic rings. The lowest BCUT2D eigenvalue weighted by atomic mass is 10.0. The van der Waals surface area contributed by atoms with Crippen molar-refractivity contribution in [2.45, 2.75) is 24.1 Å². The van der Waals surface area contributed by atoms with Crippen LogP contribution >= 0.6 is 0 Å². The summed E-state index contributed by atoms with van der Waals surface area (Å²) in [4.78, 5) is 67.4. The molecule has 1 aliphatic heterocycles. The van der Waals surface area contributed by atoms with Crippen LogP contribution in [0.1, 0.15) is 51.8 Å². The summed E-state index contributed by atoms with van der Waals surface area (Å²) in [6, 6.07) is 39.9. The van der Waals surface area contributed by atoms with Gasteiger partial charge in [0.25, 0.3) is 5.79 Å². The molecule has 0 amide bonds. The fourth-order valence-electron chi connectivity index (χ4n) is 5.44. The van der Waals surface area contributed by atoms with Crippen molar-refractivity contribution in [3.63, 3.8) is 0 Å². The zero-order valence-electron chi connectivity index (χ0n) is 27.6. The zero-order chi connectivity index (χ0) is 36.3. The van der Waals surface area contributed by atoms with Crippen molar-refractivity contribution < 1.29 is 52.4 Å². The van der Waals surface area contributed by atoms with Gasteiger partial charge in [0.05, 0.1) is 27.8 Å². The highest BCUT2D eigenvalue weighted by molar-refractivity contribution is 5.92. The number of hydrogen-bond acceptors (Lipinski definition) is 11. The maximum atomic E-state index is 13.8. The highest BCUT2D eigenvalue weighted by Gasteiger charge is 2.64. The van der Waals surface area contributed by atoms with Gasteiger partial charge in [-0.15, -0.1) is 0 Å². The van der Waals surface area contributed by atoms with Crippen LogP contribution in [0.25, 0.3) is 0 Å². The van der Waals surface area contributed by atoms with Gasteiger partial charge in [-0.25, -0.2) is 24.0 Å². The predicted molar refractivity (Wildman–Crippen MR) is 184 cm³/mol. The molecular weight excluding hydrogens is 668 g/mol. The summed E-state index contributed by atoms with van der Waals surface area (Å²) in [7, 11) is 0. The van der Waals surface area contributed by atoms with E-state index in [0.29, 0.717) is 0 Å². The average Bonchev–Trinajstić information content (AvgIpc) is 3.47. The average molecular weight is 701 g/mol. The molecule has 6 rings (SSSR count). The normalized spacial score (nSPS) is 19.1. The Kier molecular flexibility index (Phi) is 11.1. The molecule has 1 fully saturated rings. The van der Waals surface area contributed by atoms with Crippen molar-refractivity contribution in [1.29, 1.82) is 0 Å². The Morgan fingerprint density at radius 2 is 0.827 bits per heavy atom. The molecule has 0 bridgehead atoms. The van der Waals surface area contributed by atoms with Crippen LogP contribution in [-0.4, -0.2) is 67.2 Å². The molecule has 262 valence electrons. The number of esters is 5. The quantitative estimate of drug-likeness (QED) is 0.110. The van der Waals surface area contributed by atoms with Crippen molar-refractivity contribution in [2.24, 2.45) is 0 Å². The van der Waals surface area contributed by atoms with Gasteiger partial charge in [-0.3, -0.25) is 0 Å². The van der Waals surface area contributed by atoms with Gasteiger partial charge >= 0.3 is 29.8 Å². The second kappa shape index (κ2) is 16.4. The Balaban J connectivity index is 1.42. The number of carbonyl (C=O) groups excluding carboxylic acids is 5. The lowest BCUT2D eigenvalue weighted by Crippen LogP contribution is -2.53. The third kappa shape index (κ3) is 8.40. The van der Waals surface area contributed by atoms with Gasteiger partial charge in [-0.1, -0.05) is 91.0 Å². The molecule has 0 N–H and O–H groups in total. The van der Waals surface area contributed by atoms with E-state index in [-0.39, 0.29) is 27.8 Å². The number of rotatable bonds is 12. The smallest absolute Gasteiger partial charge is 0.340 e. The summed E-state index contributed by atoms with van der Waals surface area (Å²) < 4.78 is 35.6. The minimum Gasteiger partial charge on any atom is -0.459 e. The maximum Gasteiger partial charge on any atom is 0.340 e. The molecular formula is C41H32O11. The molecule has 0 saturated carbocycles. The second-order valence-electron chi connectivity index (χ2n) is 11.6. The Labute approximate surface area is 298 Å². The number of hydrogen-bond donors (Lipinski definition) is 0. The summed E-state index contributed by atoms with van der Waals surface area (Å²) in [6.45, 7) is -1.38. The van der Waals surface area contributed by atoms with Crippen molar-refractivity contribution in [3.05, 3.63) is 179 Å². The van der Waals surface area contributed by atoms with E-state index < -0.39 is 67.2 Å². The summed E-state index contributed by atoms with van der Waals surface area (Å²) in [5, 5.41) is 0. The van der Waals surface area contributed by atoms with Gasteiger partial charge in [-0.2, -0.15) is 0 Å². The summed E-state index contributed by atoms with van der Waals surface area (Å²) >= 11 is 0. The van der Waals surface area contributed by atoms with Gasteiger partial charge in [-0.05, 0) is 60.7 Å². The highest BCUT2D eigenvalue weighted by atomic mass is 16.8. The maximum absolute atomic E-state index is 13.8. The van der Waals surface area contributed by atoms with Crippen LogP contribution < -0.4 is 0 Å². The zero-order valence-corrected chi connectivity index (χ0v) is 27.6. The minimum absolute atomic E-state index is 0.0878. The van der Waals surface area contributed by atoms with Gasteiger partial charge in [0.15, 0.2) is 12.7 Å². The predicted octanol–water partition coefficient (Wildman–Crippen LogP) is 6.10. The number of ether oxygens (including phenoxy) is 6. The van der Waals surface area contributed by atoms with E-state index in [9.17, 15) is 24.0 Å². The molecule has 11 nitrogen and oxygen atoms in total. The van der Waals surface area contributed by atoms with Gasteiger partial charge in [0, 0.05) is 0 Å². The van der Waals surface area contributed by atoms with E-state index in [1.807, 2.05) is 0 Å².